The van der Waals surface area contributed by atoms with Gasteiger partial charge in [-0.3, -0.25) is 20.4 Å². The van der Waals surface area contributed by atoms with E-state index in [1.807, 2.05) is 6.92 Å². The molecule has 0 heterocycles. The molecule has 0 saturated heterocycles. The molecule has 2 N–H and O–H groups in total. The number of amides is 2. The highest BCUT2D eigenvalue weighted by atomic mass is 35.5. The van der Waals surface area contributed by atoms with E-state index in [0.717, 1.165) is 0 Å². The molecule has 0 fully saturated rings. The zero-order valence-corrected chi connectivity index (χ0v) is 16.9. The smallest absolute Gasteiger partial charge is 0.279 e. The molecule has 0 aliphatic heterocycles. The van der Waals surface area contributed by atoms with Crippen molar-refractivity contribution in [1.82, 2.24) is 10.9 Å². The summed E-state index contributed by atoms with van der Waals surface area (Å²) in [5.74, 6) is 0.225. The van der Waals surface area contributed by atoms with E-state index in [0.29, 0.717) is 33.7 Å². The number of nitrogens with one attached hydrogen (secondary N) is 2. The number of hydrogen-bond acceptors (Lipinski definition) is 4. The largest absolute Gasteiger partial charge is 0.494 e. The Hall–Kier alpha value is -2.70. The number of ether oxygens (including phenoxy) is 2. The summed E-state index contributed by atoms with van der Waals surface area (Å²) in [5, 5.41) is 0.815. The van der Waals surface area contributed by atoms with Gasteiger partial charge in [0.15, 0.2) is 6.10 Å². The van der Waals surface area contributed by atoms with Crippen molar-refractivity contribution in [3.8, 4) is 11.5 Å². The molecule has 0 aliphatic rings. The van der Waals surface area contributed by atoms with Crippen molar-refractivity contribution in [2.75, 3.05) is 6.61 Å². The van der Waals surface area contributed by atoms with Gasteiger partial charge in [-0.1, -0.05) is 29.3 Å². The second-order valence-electron chi connectivity index (χ2n) is 5.65. The molecule has 0 bridgehead atoms. The Morgan fingerprint density at radius 1 is 1.04 bits per heavy atom. The summed E-state index contributed by atoms with van der Waals surface area (Å²) in [4.78, 5) is 23.9. The van der Waals surface area contributed by atoms with Crippen molar-refractivity contribution in [2.24, 2.45) is 0 Å². The highest BCUT2D eigenvalue weighted by Gasteiger charge is 2.15. The van der Waals surface area contributed by atoms with Crippen LogP contribution in [0.25, 0.3) is 6.08 Å². The molecule has 0 radical (unpaired) electrons. The average Bonchev–Trinajstić information content (AvgIpc) is 2.68. The van der Waals surface area contributed by atoms with Crippen LogP contribution in [0.5, 0.6) is 11.5 Å². The molecule has 0 saturated carbocycles. The van der Waals surface area contributed by atoms with Gasteiger partial charge in [-0.2, -0.15) is 0 Å². The molecular weight excluding hydrogens is 403 g/mol. The standard InChI is InChI=1S/C20H20Cl2N2O4/c1-3-27-15-6-8-16(9-7-15)28-13(2)20(26)24-23-19(25)11-5-14-4-10-17(21)18(22)12-14/h4-13H,3H2,1-2H3,(H,23,25)(H,24,26)/b11-5+. The van der Waals surface area contributed by atoms with E-state index in [1.165, 1.54) is 6.08 Å². The Morgan fingerprint density at radius 3 is 2.36 bits per heavy atom. The lowest BCUT2D eigenvalue weighted by Crippen LogP contribution is -2.46. The van der Waals surface area contributed by atoms with Gasteiger partial charge in [0.2, 0.25) is 0 Å². The van der Waals surface area contributed by atoms with E-state index in [2.05, 4.69) is 10.9 Å². The van der Waals surface area contributed by atoms with Gasteiger partial charge in [0.05, 0.1) is 16.7 Å². The van der Waals surface area contributed by atoms with E-state index in [9.17, 15) is 9.59 Å². The van der Waals surface area contributed by atoms with Crippen LogP contribution in [0.2, 0.25) is 10.0 Å². The Bertz CT molecular complexity index is 854. The minimum atomic E-state index is -0.808. The zero-order chi connectivity index (χ0) is 20.5. The van der Waals surface area contributed by atoms with Crippen LogP contribution >= 0.6 is 23.2 Å². The minimum Gasteiger partial charge on any atom is -0.494 e. The monoisotopic (exact) mass is 422 g/mol. The van der Waals surface area contributed by atoms with Crippen LogP contribution in [-0.4, -0.2) is 24.5 Å². The molecule has 1 unspecified atom stereocenters. The Balaban J connectivity index is 1.80. The molecule has 1 atom stereocenters. The van der Waals surface area contributed by atoms with Crippen LogP contribution in [-0.2, 0) is 9.59 Å². The van der Waals surface area contributed by atoms with Crippen LogP contribution < -0.4 is 20.3 Å². The number of hydrogen-bond donors (Lipinski definition) is 2. The zero-order valence-electron chi connectivity index (χ0n) is 15.4. The number of halogens is 2. The summed E-state index contributed by atoms with van der Waals surface area (Å²) in [5.41, 5.74) is 5.29. The minimum absolute atomic E-state index is 0.387. The maximum Gasteiger partial charge on any atom is 0.279 e. The third-order valence-corrected chi connectivity index (χ3v) is 4.24. The fourth-order valence-electron chi connectivity index (χ4n) is 2.09. The second-order valence-corrected chi connectivity index (χ2v) is 6.46. The highest BCUT2D eigenvalue weighted by molar-refractivity contribution is 6.42. The molecule has 8 heteroatoms. The van der Waals surface area contributed by atoms with Gasteiger partial charge in [0, 0.05) is 6.08 Å². The van der Waals surface area contributed by atoms with Crippen molar-refractivity contribution >= 4 is 41.1 Å². The summed E-state index contributed by atoms with van der Waals surface area (Å²) in [6.07, 6.45) is 2.00. The summed E-state index contributed by atoms with van der Waals surface area (Å²) in [6, 6.07) is 11.9. The quantitative estimate of drug-likeness (QED) is 0.521. The molecule has 28 heavy (non-hydrogen) atoms. The first-order valence-electron chi connectivity index (χ1n) is 8.51. The highest BCUT2D eigenvalue weighted by Crippen LogP contribution is 2.23. The van der Waals surface area contributed by atoms with Gasteiger partial charge in [0.1, 0.15) is 11.5 Å². The van der Waals surface area contributed by atoms with Crippen LogP contribution in [0.1, 0.15) is 19.4 Å². The van der Waals surface area contributed by atoms with Gasteiger partial charge < -0.3 is 9.47 Å². The summed E-state index contributed by atoms with van der Waals surface area (Å²) < 4.78 is 10.9. The average molecular weight is 423 g/mol. The summed E-state index contributed by atoms with van der Waals surface area (Å²) >= 11 is 11.7. The molecule has 2 rings (SSSR count). The predicted octanol–water partition coefficient (Wildman–Crippen LogP) is 4.02. The summed E-state index contributed by atoms with van der Waals surface area (Å²) in [6.45, 7) is 4.03. The molecule has 148 valence electrons. The van der Waals surface area contributed by atoms with Crippen molar-refractivity contribution < 1.29 is 19.1 Å². The fourth-order valence-corrected chi connectivity index (χ4v) is 2.40. The van der Waals surface area contributed by atoms with Crippen molar-refractivity contribution in [2.45, 2.75) is 20.0 Å². The Morgan fingerprint density at radius 2 is 1.71 bits per heavy atom. The van der Waals surface area contributed by atoms with E-state index in [4.69, 9.17) is 32.7 Å². The number of hydrazine groups is 1. The van der Waals surface area contributed by atoms with Crippen molar-refractivity contribution in [3.05, 3.63) is 64.1 Å². The first-order valence-corrected chi connectivity index (χ1v) is 9.27. The lowest BCUT2D eigenvalue weighted by Gasteiger charge is -2.15. The Labute approximate surface area is 173 Å². The van der Waals surface area contributed by atoms with E-state index in [1.54, 1.807) is 55.5 Å². The SMILES string of the molecule is CCOc1ccc(OC(C)C(=O)NNC(=O)/C=C/c2ccc(Cl)c(Cl)c2)cc1. The third kappa shape index (κ3) is 6.79. The van der Waals surface area contributed by atoms with E-state index < -0.39 is 17.9 Å². The molecule has 2 amide bonds. The first kappa shape index (κ1) is 21.6. The fraction of sp³-hybridized carbons (Fsp3) is 0.200. The topological polar surface area (TPSA) is 76.7 Å². The summed E-state index contributed by atoms with van der Waals surface area (Å²) in [7, 11) is 0. The van der Waals surface area contributed by atoms with E-state index >= 15 is 0 Å². The molecule has 6 nitrogen and oxygen atoms in total. The molecule has 0 aliphatic carbocycles. The van der Waals surface area contributed by atoms with Gasteiger partial charge in [-0.25, -0.2) is 0 Å². The maximum absolute atomic E-state index is 12.0. The molecule has 0 spiro atoms. The van der Waals surface area contributed by atoms with Gasteiger partial charge in [-0.05, 0) is 61.9 Å². The predicted molar refractivity (Wildman–Crippen MR) is 109 cm³/mol. The van der Waals surface area contributed by atoms with Crippen LogP contribution in [0.4, 0.5) is 0 Å². The molecular formula is C20H20Cl2N2O4. The Kier molecular flexibility index (Phi) is 8.17. The normalized spacial score (nSPS) is 11.7. The van der Waals surface area contributed by atoms with Crippen molar-refractivity contribution in [3.63, 3.8) is 0 Å². The van der Waals surface area contributed by atoms with Gasteiger partial charge in [-0.15, -0.1) is 0 Å². The van der Waals surface area contributed by atoms with Crippen LogP contribution in [0.3, 0.4) is 0 Å². The maximum atomic E-state index is 12.0. The molecule has 0 aromatic heterocycles. The number of carbonyl (C=O) groups excluding carboxylic acids is 2. The number of benzene rings is 2. The lowest BCUT2D eigenvalue weighted by atomic mass is 10.2. The number of carbonyl (C=O) groups is 2. The second kappa shape index (κ2) is 10.6. The van der Waals surface area contributed by atoms with Crippen LogP contribution in [0, 0.1) is 0 Å². The molecule has 2 aromatic carbocycles. The first-order chi connectivity index (χ1) is 13.4. The third-order valence-electron chi connectivity index (χ3n) is 3.50. The number of rotatable bonds is 7. The van der Waals surface area contributed by atoms with Gasteiger partial charge in [0.25, 0.3) is 11.8 Å². The van der Waals surface area contributed by atoms with Gasteiger partial charge >= 0.3 is 0 Å². The van der Waals surface area contributed by atoms with Crippen LogP contribution in [0.15, 0.2) is 48.5 Å². The van der Waals surface area contributed by atoms with Crippen molar-refractivity contribution in [1.29, 1.82) is 0 Å². The molecule has 2 aromatic rings. The van der Waals surface area contributed by atoms with E-state index in [-0.39, 0.29) is 0 Å². The lowest BCUT2D eigenvalue weighted by molar-refractivity contribution is -0.131.